The number of benzene rings is 1. The van der Waals surface area contributed by atoms with E-state index >= 15 is 0 Å². The standard InChI is InChI=1S/C12H16N2O3/c1-7-9(12(16)17-3)5-4-6-10(7)14-11(15)8(2)13/h4-6,8H,13H2,1-3H3,(H,14,15). The summed E-state index contributed by atoms with van der Waals surface area (Å²) in [5, 5.41) is 2.66. The molecule has 0 heterocycles. The first-order chi connectivity index (χ1) is 7.97. The van der Waals surface area contributed by atoms with E-state index in [-0.39, 0.29) is 5.91 Å². The Kier molecular flexibility index (Phi) is 4.23. The third kappa shape index (κ3) is 3.04. The van der Waals surface area contributed by atoms with E-state index in [0.717, 1.165) is 0 Å². The number of nitrogens with two attached hydrogens (primary N) is 1. The highest BCUT2D eigenvalue weighted by Gasteiger charge is 2.14. The summed E-state index contributed by atoms with van der Waals surface area (Å²) < 4.78 is 4.65. The molecule has 17 heavy (non-hydrogen) atoms. The SMILES string of the molecule is COC(=O)c1cccc(NC(=O)C(C)N)c1C. The fourth-order valence-electron chi connectivity index (χ4n) is 1.35. The van der Waals surface area contributed by atoms with Gasteiger partial charge in [0.25, 0.3) is 0 Å². The van der Waals surface area contributed by atoms with Gasteiger partial charge in [-0.3, -0.25) is 4.79 Å². The zero-order valence-corrected chi connectivity index (χ0v) is 10.1. The maximum absolute atomic E-state index is 11.5. The van der Waals surface area contributed by atoms with Crippen LogP contribution in [0.1, 0.15) is 22.8 Å². The number of carbonyl (C=O) groups is 2. The van der Waals surface area contributed by atoms with Crippen LogP contribution in [0, 0.1) is 6.92 Å². The van der Waals surface area contributed by atoms with Gasteiger partial charge in [-0.2, -0.15) is 0 Å². The molecular formula is C12H16N2O3. The third-order valence-corrected chi connectivity index (χ3v) is 2.41. The Morgan fingerprint density at radius 3 is 2.59 bits per heavy atom. The Labute approximate surface area is 99.9 Å². The number of ether oxygens (including phenoxy) is 1. The van der Waals surface area contributed by atoms with Crippen LogP contribution in [0.5, 0.6) is 0 Å². The van der Waals surface area contributed by atoms with Crippen LogP contribution in [0.25, 0.3) is 0 Å². The van der Waals surface area contributed by atoms with Crippen LogP contribution in [0.4, 0.5) is 5.69 Å². The minimum absolute atomic E-state index is 0.296. The molecule has 0 saturated carbocycles. The number of hydrogen-bond donors (Lipinski definition) is 2. The van der Waals surface area contributed by atoms with Crippen molar-refractivity contribution in [1.82, 2.24) is 0 Å². The van der Waals surface area contributed by atoms with E-state index in [9.17, 15) is 9.59 Å². The molecule has 0 aromatic heterocycles. The second-order valence-electron chi connectivity index (χ2n) is 3.75. The highest BCUT2D eigenvalue weighted by Crippen LogP contribution is 2.19. The lowest BCUT2D eigenvalue weighted by atomic mass is 10.1. The van der Waals surface area contributed by atoms with Gasteiger partial charge < -0.3 is 15.8 Å². The molecule has 0 aliphatic carbocycles. The summed E-state index contributed by atoms with van der Waals surface area (Å²) in [7, 11) is 1.31. The predicted molar refractivity (Wildman–Crippen MR) is 64.8 cm³/mol. The van der Waals surface area contributed by atoms with Crippen LogP contribution < -0.4 is 11.1 Å². The average molecular weight is 236 g/mol. The van der Waals surface area contributed by atoms with Crippen molar-refractivity contribution >= 4 is 17.6 Å². The van der Waals surface area contributed by atoms with Crippen LogP contribution >= 0.6 is 0 Å². The summed E-state index contributed by atoms with van der Waals surface area (Å²) in [6.07, 6.45) is 0. The molecule has 1 rings (SSSR count). The predicted octanol–water partition coefficient (Wildman–Crippen LogP) is 1.07. The molecule has 0 aliphatic rings. The average Bonchev–Trinajstić information content (AvgIpc) is 2.30. The van der Waals surface area contributed by atoms with Gasteiger partial charge in [-0.05, 0) is 31.5 Å². The molecule has 0 aliphatic heterocycles. The van der Waals surface area contributed by atoms with Gasteiger partial charge in [0.05, 0.1) is 18.7 Å². The van der Waals surface area contributed by atoms with Crippen LogP contribution in [0.15, 0.2) is 18.2 Å². The molecule has 1 amide bonds. The van der Waals surface area contributed by atoms with Gasteiger partial charge in [-0.1, -0.05) is 6.07 Å². The number of nitrogens with one attached hydrogen (secondary N) is 1. The van der Waals surface area contributed by atoms with E-state index in [2.05, 4.69) is 10.1 Å². The van der Waals surface area contributed by atoms with Crippen molar-refractivity contribution < 1.29 is 14.3 Å². The summed E-state index contributed by atoms with van der Waals surface area (Å²) >= 11 is 0. The molecule has 1 unspecified atom stereocenters. The fourth-order valence-corrected chi connectivity index (χ4v) is 1.35. The largest absolute Gasteiger partial charge is 0.465 e. The van der Waals surface area contributed by atoms with Crippen molar-refractivity contribution in [3.63, 3.8) is 0 Å². The second-order valence-corrected chi connectivity index (χ2v) is 3.75. The number of hydrogen-bond acceptors (Lipinski definition) is 4. The van der Waals surface area contributed by atoms with Crippen molar-refractivity contribution in [2.24, 2.45) is 5.73 Å². The number of rotatable bonds is 3. The number of esters is 1. The molecule has 5 heteroatoms. The van der Waals surface area contributed by atoms with Gasteiger partial charge in [0.15, 0.2) is 0 Å². The monoisotopic (exact) mass is 236 g/mol. The Bertz CT molecular complexity index is 441. The van der Waals surface area contributed by atoms with Gasteiger partial charge in [0.1, 0.15) is 0 Å². The van der Waals surface area contributed by atoms with E-state index in [1.54, 1.807) is 32.0 Å². The van der Waals surface area contributed by atoms with E-state index in [1.807, 2.05) is 0 Å². The molecule has 92 valence electrons. The molecule has 0 spiro atoms. The summed E-state index contributed by atoms with van der Waals surface area (Å²) in [5.74, 6) is -0.727. The number of carbonyl (C=O) groups excluding carboxylic acids is 2. The number of methoxy groups -OCH3 is 1. The molecule has 0 saturated heterocycles. The molecular weight excluding hydrogens is 220 g/mol. The first-order valence-corrected chi connectivity index (χ1v) is 5.21. The van der Waals surface area contributed by atoms with Crippen molar-refractivity contribution in [1.29, 1.82) is 0 Å². The maximum atomic E-state index is 11.5. The zero-order chi connectivity index (χ0) is 13.0. The van der Waals surface area contributed by atoms with E-state index in [0.29, 0.717) is 16.8 Å². The minimum atomic E-state index is -0.601. The van der Waals surface area contributed by atoms with Crippen LogP contribution in [0.2, 0.25) is 0 Å². The number of amides is 1. The lowest BCUT2D eigenvalue weighted by Gasteiger charge is -2.12. The van der Waals surface area contributed by atoms with Gasteiger partial charge >= 0.3 is 5.97 Å². The first kappa shape index (κ1) is 13.2. The van der Waals surface area contributed by atoms with Gasteiger partial charge in [0.2, 0.25) is 5.91 Å². The summed E-state index contributed by atoms with van der Waals surface area (Å²) in [6, 6.07) is 4.43. The molecule has 3 N–H and O–H groups in total. The van der Waals surface area contributed by atoms with Gasteiger partial charge in [-0.15, -0.1) is 0 Å². The van der Waals surface area contributed by atoms with Crippen LogP contribution in [0.3, 0.4) is 0 Å². The summed E-state index contributed by atoms with van der Waals surface area (Å²) in [4.78, 5) is 22.9. The Morgan fingerprint density at radius 1 is 1.41 bits per heavy atom. The number of anilines is 1. The van der Waals surface area contributed by atoms with Crippen LogP contribution in [-0.4, -0.2) is 25.0 Å². The van der Waals surface area contributed by atoms with Crippen molar-refractivity contribution in [3.05, 3.63) is 29.3 Å². The van der Waals surface area contributed by atoms with Crippen LogP contribution in [-0.2, 0) is 9.53 Å². The van der Waals surface area contributed by atoms with Gasteiger partial charge in [0, 0.05) is 5.69 Å². The Hall–Kier alpha value is -1.88. The lowest BCUT2D eigenvalue weighted by Crippen LogP contribution is -2.32. The lowest BCUT2D eigenvalue weighted by molar-refractivity contribution is -0.117. The van der Waals surface area contributed by atoms with E-state index < -0.39 is 12.0 Å². The zero-order valence-electron chi connectivity index (χ0n) is 10.1. The second kappa shape index (κ2) is 5.45. The van der Waals surface area contributed by atoms with Crippen molar-refractivity contribution in [3.8, 4) is 0 Å². The maximum Gasteiger partial charge on any atom is 0.338 e. The summed E-state index contributed by atoms with van der Waals surface area (Å²) in [5.41, 5.74) is 7.11. The quantitative estimate of drug-likeness (QED) is 0.769. The fraction of sp³-hybridized carbons (Fsp3) is 0.333. The van der Waals surface area contributed by atoms with Crippen molar-refractivity contribution in [2.75, 3.05) is 12.4 Å². The Balaban J connectivity index is 3.02. The minimum Gasteiger partial charge on any atom is -0.465 e. The highest BCUT2D eigenvalue weighted by atomic mass is 16.5. The molecule has 5 nitrogen and oxygen atoms in total. The topological polar surface area (TPSA) is 81.4 Å². The first-order valence-electron chi connectivity index (χ1n) is 5.21. The third-order valence-electron chi connectivity index (χ3n) is 2.41. The normalized spacial score (nSPS) is 11.8. The highest BCUT2D eigenvalue weighted by molar-refractivity contribution is 5.98. The molecule has 0 bridgehead atoms. The molecule has 1 aromatic rings. The van der Waals surface area contributed by atoms with E-state index in [1.165, 1.54) is 7.11 Å². The van der Waals surface area contributed by atoms with Crippen molar-refractivity contribution in [2.45, 2.75) is 19.9 Å². The molecule has 1 aromatic carbocycles. The molecule has 1 atom stereocenters. The summed E-state index contributed by atoms with van der Waals surface area (Å²) in [6.45, 7) is 3.33. The molecule has 0 radical (unpaired) electrons. The van der Waals surface area contributed by atoms with E-state index in [4.69, 9.17) is 5.73 Å². The molecule has 0 fully saturated rings. The smallest absolute Gasteiger partial charge is 0.338 e. The Morgan fingerprint density at radius 2 is 2.06 bits per heavy atom. The van der Waals surface area contributed by atoms with Gasteiger partial charge in [-0.25, -0.2) is 4.79 Å².